The summed E-state index contributed by atoms with van der Waals surface area (Å²) in [5.74, 6) is 0.555. The molecule has 0 radical (unpaired) electrons. The van der Waals surface area contributed by atoms with Crippen molar-refractivity contribution in [3.8, 4) is 0 Å². The van der Waals surface area contributed by atoms with Crippen LogP contribution in [-0.4, -0.2) is 35.9 Å². The number of hydrogen-bond donors (Lipinski definition) is 0. The van der Waals surface area contributed by atoms with E-state index in [9.17, 15) is 4.79 Å². The van der Waals surface area contributed by atoms with E-state index in [1.807, 2.05) is 4.90 Å². The van der Waals surface area contributed by atoms with E-state index in [0.29, 0.717) is 19.0 Å². The third-order valence-corrected chi connectivity index (χ3v) is 2.67. The van der Waals surface area contributed by atoms with E-state index in [0.717, 1.165) is 26.1 Å². The molecular weight excluding hydrogens is 206 g/mol. The smallest absolute Gasteiger partial charge is 0.293 e. The number of anilines is 1. The Labute approximate surface area is 94.7 Å². The lowest BCUT2D eigenvalue weighted by Crippen LogP contribution is -2.41. The number of morpholine rings is 1. The summed E-state index contributed by atoms with van der Waals surface area (Å²) < 4.78 is 6.98. The number of ether oxygens (including phenoxy) is 1. The molecule has 0 aliphatic carbocycles. The molecule has 0 spiro atoms. The normalized spacial score (nSPS) is 16.4. The number of nitrogens with zero attached hydrogens (tertiary/aromatic N) is 3. The van der Waals surface area contributed by atoms with E-state index in [-0.39, 0.29) is 5.56 Å². The first-order valence-electron chi connectivity index (χ1n) is 5.71. The highest BCUT2D eigenvalue weighted by molar-refractivity contribution is 5.35. The van der Waals surface area contributed by atoms with Crippen LogP contribution in [0, 0.1) is 0 Å². The molecule has 1 saturated heterocycles. The average molecular weight is 223 g/mol. The van der Waals surface area contributed by atoms with Crippen molar-refractivity contribution in [2.45, 2.75) is 19.9 Å². The second-order valence-corrected chi connectivity index (χ2v) is 3.85. The summed E-state index contributed by atoms with van der Waals surface area (Å²) in [5, 5.41) is 0. The zero-order chi connectivity index (χ0) is 11.4. The van der Waals surface area contributed by atoms with Crippen molar-refractivity contribution in [3.05, 3.63) is 22.7 Å². The molecule has 0 N–H and O–H groups in total. The van der Waals surface area contributed by atoms with Crippen LogP contribution in [-0.2, 0) is 11.3 Å². The van der Waals surface area contributed by atoms with Gasteiger partial charge in [0, 0.05) is 32.0 Å². The zero-order valence-corrected chi connectivity index (χ0v) is 9.56. The van der Waals surface area contributed by atoms with Crippen LogP contribution in [0.25, 0.3) is 0 Å². The molecule has 1 fully saturated rings. The SMILES string of the molecule is CCCn1ccnc(N2CCOCC2)c1=O. The van der Waals surface area contributed by atoms with Gasteiger partial charge < -0.3 is 14.2 Å². The third kappa shape index (κ3) is 2.24. The van der Waals surface area contributed by atoms with Crippen molar-refractivity contribution in [2.24, 2.45) is 0 Å². The van der Waals surface area contributed by atoms with Crippen LogP contribution in [0.2, 0.25) is 0 Å². The van der Waals surface area contributed by atoms with Crippen molar-refractivity contribution >= 4 is 5.82 Å². The van der Waals surface area contributed by atoms with Gasteiger partial charge in [0.05, 0.1) is 13.2 Å². The summed E-state index contributed by atoms with van der Waals surface area (Å²) in [6.45, 7) is 5.64. The molecule has 1 aliphatic heterocycles. The fourth-order valence-corrected chi connectivity index (χ4v) is 1.84. The van der Waals surface area contributed by atoms with Crippen LogP contribution in [0.3, 0.4) is 0 Å². The molecule has 1 aromatic heterocycles. The number of aromatic nitrogens is 2. The van der Waals surface area contributed by atoms with Crippen molar-refractivity contribution in [1.82, 2.24) is 9.55 Å². The standard InChI is InChI=1S/C11H17N3O2/c1-2-4-14-5-3-12-10(11(14)15)13-6-8-16-9-7-13/h3,5H,2,4,6-9H2,1H3. The van der Waals surface area contributed by atoms with Crippen molar-refractivity contribution in [3.63, 3.8) is 0 Å². The highest BCUT2D eigenvalue weighted by Crippen LogP contribution is 2.06. The lowest BCUT2D eigenvalue weighted by Gasteiger charge is -2.27. The Hall–Kier alpha value is -1.36. The van der Waals surface area contributed by atoms with Gasteiger partial charge in [0.15, 0.2) is 5.82 Å². The Kier molecular flexibility index (Phi) is 3.56. The minimum atomic E-state index is 0.00579. The molecule has 16 heavy (non-hydrogen) atoms. The molecule has 2 heterocycles. The monoisotopic (exact) mass is 223 g/mol. The maximum absolute atomic E-state index is 12.1. The van der Waals surface area contributed by atoms with Crippen molar-refractivity contribution in [1.29, 1.82) is 0 Å². The Balaban J connectivity index is 2.26. The van der Waals surface area contributed by atoms with Gasteiger partial charge in [-0.2, -0.15) is 0 Å². The van der Waals surface area contributed by atoms with E-state index in [1.54, 1.807) is 17.0 Å². The van der Waals surface area contributed by atoms with Crippen LogP contribution < -0.4 is 10.5 Å². The molecule has 0 saturated carbocycles. The summed E-state index contributed by atoms with van der Waals surface area (Å²) in [4.78, 5) is 18.3. The first-order valence-corrected chi connectivity index (χ1v) is 5.71. The second kappa shape index (κ2) is 5.12. The number of aryl methyl sites for hydroxylation is 1. The van der Waals surface area contributed by atoms with E-state index in [2.05, 4.69) is 11.9 Å². The van der Waals surface area contributed by atoms with Gasteiger partial charge in [-0.25, -0.2) is 4.98 Å². The van der Waals surface area contributed by atoms with Crippen LogP contribution in [0.15, 0.2) is 17.2 Å². The van der Waals surface area contributed by atoms with Gasteiger partial charge in [-0.1, -0.05) is 6.92 Å². The van der Waals surface area contributed by atoms with Crippen LogP contribution in [0.5, 0.6) is 0 Å². The molecule has 5 heteroatoms. The first-order chi connectivity index (χ1) is 7.83. The molecule has 1 aliphatic rings. The lowest BCUT2D eigenvalue weighted by atomic mass is 10.4. The van der Waals surface area contributed by atoms with E-state index in [4.69, 9.17) is 4.74 Å². The summed E-state index contributed by atoms with van der Waals surface area (Å²) in [6, 6.07) is 0. The van der Waals surface area contributed by atoms with Gasteiger partial charge in [-0.05, 0) is 6.42 Å². The fourth-order valence-electron chi connectivity index (χ4n) is 1.84. The van der Waals surface area contributed by atoms with Crippen LogP contribution in [0.1, 0.15) is 13.3 Å². The van der Waals surface area contributed by atoms with Crippen LogP contribution in [0.4, 0.5) is 5.82 Å². The zero-order valence-electron chi connectivity index (χ0n) is 9.56. The van der Waals surface area contributed by atoms with Crippen molar-refractivity contribution < 1.29 is 4.74 Å². The van der Waals surface area contributed by atoms with Gasteiger partial charge >= 0.3 is 0 Å². The third-order valence-electron chi connectivity index (χ3n) is 2.67. The fraction of sp³-hybridized carbons (Fsp3) is 0.636. The predicted octanol–water partition coefficient (Wildman–Crippen LogP) is 0.490. The Morgan fingerprint density at radius 1 is 1.44 bits per heavy atom. The first kappa shape index (κ1) is 11.1. The van der Waals surface area contributed by atoms with E-state index < -0.39 is 0 Å². The molecule has 0 atom stereocenters. The maximum Gasteiger partial charge on any atom is 0.293 e. The molecule has 1 aromatic rings. The Morgan fingerprint density at radius 3 is 2.88 bits per heavy atom. The summed E-state index contributed by atoms with van der Waals surface area (Å²) in [5.41, 5.74) is 0.00579. The van der Waals surface area contributed by atoms with Crippen LogP contribution >= 0.6 is 0 Å². The van der Waals surface area contributed by atoms with E-state index >= 15 is 0 Å². The molecule has 5 nitrogen and oxygen atoms in total. The molecule has 2 rings (SSSR count). The second-order valence-electron chi connectivity index (χ2n) is 3.85. The molecule has 0 amide bonds. The summed E-state index contributed by atoms with van der Waals surface area (Å²) >= 11 is 0. The highest BCUT2D eigenvalue weighted by atomic mass is 16.5. The number of rotatable bonds is 3. The minimum absolute atomic E-state index is 0.00579. The van der Waals surface area contributed by atoms with Gasteiger partial charge in [0.25, 0.3) is 5.56 Å². The van der Waals surface area contributed by atoms with E-state index in [1.165, 1.54) is 0 Å². The van der Waals surface area contributed by atoms with Gasteiger partial charge in [0.1, 0.15) is 0 Å². The lowest BCUT2D eigenvalue weighted by molar-refractivity contribution is 0.122. The van der Waals surface area contributed by atoms with Crippen molar-refractivity contribution in [2.75, 3.05) is 31.2 Å². The molecule has 0 aromatic carbocycles. The van der Waals surface area contributed by atoms with Gasteiger partial charge in [0.2, 0.25) is 0 Å². The largest absolute Gasteiger partial charge is 0.378 e. The molecule has 0 bridgehead atoms. The highest BCUT2D eigenvalue weighted by Gasteiger charge is 2.16. The summed E-state index contributed by atoms with van der Waals surface area (Å²) in [7, 11) is 0. The Morgan fingerprint density at radius 2 is 2.19 bits per heavy atom. The quantitative estimate of drug-likeness (QED) is 0.748. The van der Waals surface area contributed by atoms with Gasteiger partial charge in [-0.15, -0.1) is 0 Å². The maximum atomic E-state index is 12.1. The Bertz CT molecular complexity index is 396. The predicted molar refractivity (Wildman–Crippen MR) is 61.8 cm³/mol. The molecular formula is C11H17N3O2. The molecule has 0 unspecified atom stereocenters. The summed E-state index contributed by atoms with van der Waals surface area (Å²) in [6.07, 6.45) is 4.39. The van der Waals surface area contributed by atoms with Gasteiger partial charge in [-0.3, -0.25) is 4.79 Å². The molecule has 88 valence electrons. The topological polar surface area (TPSA) is 47.4 Å². The average Bonchev–Trinajstić information content (AvgIpc) is 2.33. The number of hydrogen-bond acceptors (Lipinski definition) is 4. The minimum Gasteiger partial charge on any atom is -0.378 e.